The molecule has 1 aromatic carbocycles. The summed E-state index contributed by atoms with van der Waals surface area (Å²) in [6, 6.07) is 3.59. The Labute approximate surface area is 165 Å². The Morgan fingerprint density at radius 2 is 1.93 bits per heavy atom. The van der Waals surface area contributed by atoms with Gasteiger partial charge in [0.2, 0.25) is 0 Å². The van der Waals surface area contributed by atoms with Crippen molar-refractivity contribution in [1.29, 1.82) is 0 Å². The summed E-state index contributed by atoms with van der Waals surface area (Å²) in [6.45, 7) is 7.34. The molecule has 0 bridgehead atoms. The van der Waals surface area contributed by atoms with Crippen LogP contribution < -0.4 is 10.2 Å². The summed E-state index contributed by atoms with van der Waals surface area (Å²) in [5.41, 5.74) is 0.0490. The largest absolute Gasteiger partial charge is 0.381 e. The van der Waals surface area contributed by atoms with Gasteiger partial charge in [-0.25, -0.2) is 8.78 Å². The molecule has 0 radical (unpaired) electrons. The number of piperazine rings is 1. The van der Waals surface area contributed by atoms with Crippen molar-refractivity contribution >= 4 is 11.6 Å². The third kappa shape index (κ3) is 4.91. The number of rotatable bonds is 5. The number of benzene rings is 1. The van der Waals surface area contributed by atoms with Crippen LogP contribution in [0.4, 0.5) is 14.5 Å². The van der Waals surface area contributed by atoms with Crippen LogP contribution in [-0.2, 0) is 9.47 Å². The van der Waals surface area contributed by atoms with Crippen molar-refractivity contribution in [2.24, 2.45) is 4.99 Å². The van der Waals surface area contributed by atoms with Crippen molar-refractivity contribution in [1.82, 2.24) is 10.2 Å². The summed E-state index contributed by atoms with van der Waals surface area (Å²) in [5.74, 6) is 0.0248. The van der Waals surface area contributed by atoms with Gasteiger partial charge >= 0.3 is 0 Å². The molecular formula is C20H30F2N4O2. The molecule has 2 fully saturated rings. The number of methoxy groups -OCH3 is 1. The molecule has 2 aliphatic rings. The maximum Gasteiger partial charge on any atom is 0.194 e. The SMILES string of the molecule is CCNC(=NCC1(OC)CCOCC1)N1CCN(c2cc(F)ccc2F)CC1. The van der Waals surface area contributed by atoms with E-state index in [0.29, 0.717) is 51.6 Å². The fourth-order valence-corrected chi connectivity index (χ4v) is 3.70. The van der Waals surface area contributed by atoms with E-state index in [1.807, 2.05) is 11.8 Å². The molecule has 0 unspecified atom stereocenters. The molecule has 0 saturated carbocycles. The van der Waals surface area contributed by atoms with Crippen LogP contribution in [0.5, 0.6) is 0 Å². The zero-order chi connectivity index (χ0) is 20.0. The van der Waals surface area contributed by atoms with Crippen molar-refractivity contribution in [3.8, 4) is 0 Å². The average Bonchev–Trinajstić information content (AvgIpc) is 2.74. The topological polar surface area (TPSA) is 49.3 Å². The van der Waals surface area contributed by atoms with Crippen molar-refractivity contribution in [3.05, 3.63) is 29.8 Å². The average molecular weight is 396 g/mol. The van der Waals surface area contributed by atoms with E-state index in [0.717, 1.165) is 31.4 Å². The molecule has 8 heteroatoms. The highest BCUT2D eigenvalue weighted by Gasteiger charge is 2.33. The Kier molecular flexibility index (Phi) is 7.07. The Bertz CT molecular complexity index is 672. The maximum atomic E-state index is 14.1. The Morgan fingerprint density at radius 1 is 1.21 bits per heavy atom. The predicted octanol–water partition coefficient (Wildman–Crippen LogP) is 2.25. The van der Waals surface area contributed by atoms with Crippen LogP contribution in [0.1, 0.15) is 19.8 Å². The van der Waals surface area contributed by atoms with Crippen LogP contribution in [0, 0.1) is 11.6 Å². The smallest absolute Gasteiger partial charge is 0.194 e. The molecule has 3 rings (SSSR count). The number of hydrogen-bond donors (Lipinski definition) is 1. The molecule has 0 aliphatic carbocycles. The molecule has 2 saturated heterocycles. The van der Waals surface area contributed by atoms with E-state index in [2.05, 4.69) is 10.2 Å². The molecule has 2 heterocycles. The molecule has 0 atom stereocenters. The zero-order valence-corrected chi connectivity index (χ0v) is 16.7. The fraction of sp³-hybridized carbons (Fsp3) is 0.650. The highest BCUT2D eigenvalue weighted by molar-refractivity contribution is 5.80. The van der Waals surface area contributed by atoms with Crippen LogP contribution in [0.15, 0.2) is 23.2 Å². The lowest BCUT2D eigenvalue weighted by molar-refractivity contribution is -0.0829. The van der Waals surface area contributed by atoms with Gasteiger partial charge in [-0.2, -0.15) is 0 Å². The van der Waals surface area contributed by atoms with E-state index in [4.69, 9.17) is 14.5 Å². The molecule has 0 spiro atoms. The van der Waals surface area contributed by atoms with Crippen molar-refractivity contribution in [3.63, 3.8) is 0 Å². The van der Waals surface area contributed by atoms with Gasteiger partial charge in [0.1, 0.15) is 11.6 Å². The van der Waals surface area contributed by atoms with E-state index < -0.39 is 11.6 Å². The van der Waals surface area contributed by atoms with E-state index in [1.54, 1.807) is 7.11 Å². The third-order valence-electron chi connectivity index (χ3n) is 5.52. The Morgan fingerprint density at radius 3 is 2.57 bits per heavy atom. The molecule has 6 nitrogen and oxygen atoms in total. The van der Waals surface area contributed by atoms with Crippen LogP contribution >= 0.6 is 0 Å². The number of nitrogens with zero attached hydrogens (tertiary/aromatic N) is 3. The van der Waals surface area contributed by atoms with Gasteiger partial charge in [-0.1, -0.05) is 0 Å². The van der Waals surface area contributed by atoms with Crippen molar-refractivity contribution in [2.75, 3.05) is 64.5 Å². The number of ether oxygens (including phenoxy) is 2. The Hall–Kier alpha value is -1.93. The first-order chi connectivity index (χ1) is 13.6. The molecule has 156 valence electrons. The lowest BCUT2D eigenvalue weighted by atomic mass is 9.94. The number of hydrogen-bond acceptors (Lipinski definition) is 4. The van der Waals surface area contributed by atoms with Gasteiger partial charge < -0.3 is 24.6 Å². The molecule has 2 aliphatic heterocycles. The van der Waals surface area contributed by atoms with Crippen molar-refractivity contribution in [2.45, 2.75) is 25.4 Å². The van der Waals surface area contributed by atoms with Gasteiger partial charge in [0.15, 0.2) is 5.96 Å². The van der Waals surface area contributed by atoms with Gasteiger partial charge in [-0.15, -0.1) is 0 Å². The normalized spacial score (nSPS) is 20.4. The highest BCUT2D eigenvalue weighted by Crippen LogP contribution is 2.25. The van der Waals surface area contributed by atoms with Crippen LogP contribution in [0.2, 0.25) is 0 Å². The second kappa shape index (κ2) is 9.52. The molecule has 0 aromatic heterocycles. The number of nitrogens with one attached hydrogen (secondary N) is 1. The molecule has 1 N–H and O–H groups in total. The maximum absolute atomic E-state index is 14.1. The number of guanidine groups is 1. The minimum absolute atomic E-state index is 0.272. The van der Waals surface area contributed by atoms with Gasteiger partial charge in [0.05, 0.1) is 17.8 Å². The lowest BCUT2D eigenvalue weighted by Gasteiger charge is -2.39. The van der Waals surface area contributed by atoms with Gasteiger partial charge in [-0.05, 0) is 19.1 Å². The summed E-state index contributed by atoms with van der Waals surface area (Å²) in [6.07, 6.45) is 1.66. The minimum Gasteiger partial charge on any atom is -0.381 e. The summed E-state index contributed by atoms with van der Waals surface area (Å²) >= 11 is 0. The summed E-state index contributed by atoms with van der Waals surface area (Å²) < 4.78 is 38.8. The Balaban J connectivity index is 1.64. The molecule has 1 aromatic rings. The summed E-state index contributed by atoms with van der Waals surface area (Å²) in [4.78, 5) is 8.88. The number of halogens is 2. The second-order valence-electron chi connectivity index (χ2n) is 7.24. The van der Waals surface area contributed by atoms with E-state index in [9.17, 15) is 8.78 Å². The quantitative estimate of drug-likeness (QED) is 0.611. The number of anilines is 1. The van der Waals surface area contributed by atoms with Gasteiger partial charge in [0, 0.05) is 72.0 Å². The fourth-order valence-electron chi connectivity index (χ4n) is 3.70. The van der Waals surface area contributed by atoms with Crippen LogP contribution in [-0.4, -0.2) is 76.1 Å². The van der Waals surface area contributed by atoms with Gasteiger partial charge in [0.25, 0.3) is 0 Å². The number of aliphatic imine (C=N–C) groups is 1. The van der Waals surface area contributed by atoms with Crippen molar-refractivity contribution < 1.29 is 18.3 Å². The third-order valence-corrected chi connectivity index (χ3v) is 5.52. The second-order valence-corrected chi connectivity index (χ2v) is 7.24. The highest BCUT2D eigenvalue weighted by atomic mass is 19.1. The first-order valence-corrected chi connectivity index (χ1v) is 9.93. The first kappa shape index (κ1) is 20.8. The first-order valence-electron chi connectivity index (χ1n) is 9.93. The zero-order valence-electron chi connectivity index (χ0n) is 16.7. The van der Waals surface area contributed by atoms with Gasteiger partial charge in [-0.3, -0.25) is 4.99 Å². The standard InChI is InChI=1S/C20H30F2N4O2/c1-3-23-19(24-15-20(27-2)6-12-28-13-7-20)26-10-8-25(9-11-26)18-14-16(21)4-5-17(18)22/h4-5,14H,3,6-13,15H2,1-2H3,(H,23,24). The van der Waals surface area contributed by atoms with Crippen LogP contribution in [0.3, 0.4) is 0 Å². The molecule has 28 heavy (non-hydrogen) atoms. The van der Waals surface area contributed by atoms with E-state index in [1.165, 1.54) is 12.1 Å². The van der Waals surface area contributed by atoms with E-state index in [-0.39, 0.29) is 5.60 Å². The summed E-state index contributed by atoms with van der Waals surface area (Å²) in [5, 5.41) is 3.34. The lowest BCUT2D eigenvalue weighted by Crippen LogP contribution is -2.53. The molecular weight excluding hydrogens is 366 g/mol. The molecule has 0 amide bonds. The van der Waals surface area contributed by atoms with Crippen LogP contribution in [0.25, 0.3) is 0 Å². The minimum atomic E-state index is -0.421. The predicted molar refractivity (Wildman–Crippen MR) is 106 cm³/mol. The monoisotopic (exact) mass is 396 g/mol. The summed E-state index contributed by atoms with van der Waals surface area (Å²) in [7, 11) is 1.74. The van der Waals surface area contributed by atoms with E-state index >= 15 is 0 Å².